The molecule has 5 heteroatoms. The van der Waals surface area contributed by atoms with Gasteiger partial charge in [0.05, 0.1) is 0 Å². The average Bonchev–Trinajstić information content (AvgIpc) is 2.96. The summed E-state index contributed by atoms with van der Waals surface area (Å²) in [5.41, 5.74) is 3.63. The van der Waals surface area contributed by atoms with Crippen LogP contribution < -0.4 is 9.80 Å². The van der Waals surface area contributed by atoms with Crippen LogP contribution in [0.15, 0.2) is 30.3 Å². The molecule has 0 saturated carbocycles. The van der Waals surface area contributed by atoms with Gasteiger partial charge >= 0.3 is 0 Å². The maximum Gasteiger partial charge on any atom is 0.277 e. The molecule has 0 bridgehead atoms. The van der Waals surface area contributed by atoms with Gasteiger partial charge in [-0.2, -0.15) is 0 Å². The van der Waals surface area contributed by atoms with Crippen LogP contribution in [-0.2, 0) is 6.42 Å². The van der Waals surface area contributed by atoms with E-state index in [0.717, 1.165) is 43.9 Å². The highest BCUT2D eigenvalue weighted by molar-refractivity contribution is 6.05. The zero-order chi connectivity index (χ0) is 17.9. The number of para-hydroxylation sites is 1. The Hall–Kier alpha value is -2.43. The van der Waals surface area contributed by atoms with Crippen LogP contribution in [0.5, 0.6) is 0 Å². The first kappa shape index (κ1) is 17.0. The standard InChI is InChI=1S/C21H26N4O/c1-16-15-18(23-21(22-16)24-12-6-2-3-7-13-24)20(26)25-14-8-10-17-9-4-5-11-19(17)25/h4-5,9,11,15H,2-3,6-8,10,12-14H2,1H3. The molecule has 0 atom stereocenters. The molecule has 0 unspecified atom stereocenters. The zero-order valence-corrected chi connectivity index (χ0v) is 15.4. The molecule has 0 aliphatic carbocycles. The number of anilines is 2. The molecule has 2 aromatic rings. The van der Waals surface area contributed by atoms with Crippen molar-refractivity contribution in [3.05, 3.63) is 47.3 Å². The maximum atomic E-state index is 13.2. The predicted molar refractivity (Wildman–Crippen MR) is 104 cm³/mol. The molecule has 0 spiro atoms. The van der Waals surface area contributed by atoms with Crippen molar-refractivity contribution in [3.8, 4) is 0 Å². The number of aromatic nitrogens is 2. The molecule has 1 fully saturated rings. The van der Waals surface area contributed by atoms with Gasteiger partial charge in [0.25, 0.3) is 5.91 Å². The van der Waals surface area contributed by atoms with Gasteiger partial charge in [0.1, 0.15) is 5.69 Å². The Morgan fingerprint density at radius 1 is 0.962 bits per heavy atom. The molecule has 1 saturated heterocycles. The first-order valence-corrected chi connectivity index (χ1v) is 9.73. The highest BCUT2D eigenvalue weighted by Gasteiger charge is 2.25. The lowest BCUT2D eigenvalue weighted by atomic mass is 10.0. The quantitative estimate of drug-likeness (QED) is 0.827. The number of nitrogens with zero attached hydrogens (tertiary/aromatic N) is 4. The van der Waals surface area contributed by atoms with Crippen LogP contribution in [0.3, 0.4) is 0 Å². The number of rotatable bonds is 2. The van der Waals surface area contributed by atoms with E-state index in [1.54, 1.807) is 0 Å². The minimum atomic E-state index is -0.0151. The monoisotopic (exact) mass is 350 g/mol. The second-order valence-corrected chi connectivity index (χ2v) is 7.28. The van der Waals surface area contributed by atoms with E-state index in [2.05, 4.69) is 20.9 Å². The van der Waals surface area contributed by atoms with E-state index in [1.807, 2.05) is 36.1 Å². The Morgan fingerprint density at radius 2 is 1.73 bits per heavy atom. The lowest BCUT2D eigenvalue weighted by Gasteiger charge is -2.29. The third-order valence-corrected chi connectivity index (χ3v) is 5.31. The van der Waals surface area contributed by atoms with Crippen molar-refractivity contribution in [2.24, 2.45) is 0 Å². The van der Waals surface area contributed by atoms with E-state index in [4.69, 9.17) is 0 Å². The van der Waals surface area contributed by atoms with Gasteiger partial charge < -0.3 is 9.80 Å². The number of amides is 1. The fourth-order valence-electron chi connectivity index (χ4n) is 3.96. The van der Waals surface area contributed by atoms with Crippen LogP contribution in [0.25, 0.3) is 0 Å². The average molecular weight is 350 g/mol. The van der Waals surface area contributed by atoms with Crippen LogP contribution in [-0.4, -0.2) is 35.5 Å². The Kier molecular flexibility index (Phi) is 4.87. The number of hydrogen-bond donors (Lipinski definition) is 0. The molecule has 5 nitrogen and oxygen atoms in total. The Morgan fingerprint density at radius 3 is 2.54 bits per heavy atom. The summed E-state index contributed by atoms with van der Waals surface area (Å²) in [4.78, 5) is 26.6. The summed E-state index contributed by atoms with van der Waals surface area (Å²) in [7, 11) is 0. The van der Waals surface area contributed by atoms with Gasteiger partial charge in [0.2, 0.25) is 5.95 Å². The van der Waals surface area contributed by atoms with Crippen molar-refractivity contribution >= 4 is 17.5 Å². The van der Waals surface area contributed by atoms with Crippen molar-refractivity contribution in [2.75, 3.05) is 29.4 Å². The maximum absolute atomic E-state index is 13.2. The smallest absolute Gasteiger partial charge is 0.277 e. The number of carbonyl (C=O) groups is 1. The van der Waals surface area contributed by atoms with Gasteiger partial charge in [-0.25, -0.2) is 9.97 Å². The van der Waals surface area contributed by atoms with E-state index in [0.29, 0.717) is 11.6 Å². The molecule has 4 rings (SSSR count). The van der Waals surface area contributed by atoms with Crippen molar-refractivity contribution in [3.63, 3.8) is 0 Å². The molecule has 26 heavy (non-hydrogen) atoms. The number of carbonyl (C=O) groups excluding carboxylic acids is 1. The Labute approximate surface area is 155 Å². The topological polar surface area (TPSA) is 49.3 Å². The fraction of sp³-hybridized carbons (Fsp3) is 0.476. The van der Waals surface area contributed by atoms with Crippen LogP contribution in [0.4, 0.5) is 11.6 Å². The number of benzene rings is 1. The van der Waals surface area contributed by atoms with Crippen LogP contribution in [0.2, 0.25) is 0 Å². The first-order chi connectivity index (χ1) is 12.7. The summed E-state index contributed by atoms with van der Waals surface area (Å²) in [5.74, 6) is 0.694. The van der Waals surface area contributed by atoms with Crippen molar-refractivity contribution in [2.45, 2.75) is 45.4 Å². The molecule has 136 valence electrons. The molecule has 1 aromatic carbocycles. The van der Waals surface area contributed by atoms with E-state index < -0.39 is 0 Å². The van der Waals surface area contributed by atoms with Crippen molar-refractivity contribution in [1.29, 1.82) is 0 Å². The summed E-state index contributed by atoms with van der Waals surface area (Å²) in [5, 5.41) is 0. The van der Waals surface area contributed by atoms with E-state index in [1.165, 1.54) is 31.2 Å². The predicted octanol–water partition coefficient (Wildman–Crippen LogP) is 3.76. The highest BCUT2D eigenvalue weighted by atomic mass is 16.2. The highest BCUT2D eigenvalue weighted by Crippen LogP contribution is 2.28. The number of aryl methyl sites for hydroxylation is 2. The second-order valence-electron chi connectivity index (χ2n) is 7.28. The first-order valence-electron chi connectivity index (χ1n) is 9.73. The lowest BCUT2D eigenvalue weighted by molar-refractivity contribution is 0.0980. The second kappa shape index (κ2) is 7.44. The number of fused-ring (bicyclic) bond motifs is 1. The molecule has 1 aromatic heterocycles. The molecule has 0 N–H and O–H groups in total. The van der Waals surface area contributed by atoms with Gasteiger partial charge in [0.15, 0.2) is 0 Å². The van der Waals surface area contributed by atoms with Gasteiger partial charge in [-0.1, -0.05) is 31.0 Å². The molecule has 2 aliphatic heterocycles. The Bertz CT molecular complexity index is 796. The summed E-state index contributed by atoms with van der Waals surface area (Å²) < 4.78 is 0. The van der Waals surface area contributed by atoms with Gasteiger partial charge in [-0.05, 0) is 50.3 Å². The van der Waals surface area contributed by atoms with Crippen molar-refractivity contribution in [1.82, 2.24) is 9.97 Å². The third kappa shape index (κ3) is 3.43. The summed E-state index contributed by atoms with van der Waals surface area (Å²) in [6.45, 7) is 4.65. The normalized spacial score (nSPS) is 17.6. The minimum absolute atomic E-state index is 0.0151. The van der Waals surface area contributed by atoms with Crippen LogP contribution >= 0.6 is 0 Å². The number of hydrogen-bond acceptors (Lipinski definition) is 4. The van der Waals surface area contributed by atoms with Gasteiger partial charge in [-0.15, -0.1) is 0 Å². The summed E-state index contributed by atoms with van der Waals surface area (Å²) in [6.07, 6.45) is 6.88. The lowest BCUT2D eigenvalue weighted by Crippen LogP contribution is -2.36. The van der Waals surface area contributed by atoms with Crippen LogP contribution in [0.1, 0.15) is 53.8 Å². The SMILES string of the molecule is Cc1cc(C(=O)N2CCCc3ccccc32)nc(N2CCCCCC2)n1. The molecular formula is C21H26N4O. The van der Waals surface area contributed by atoms with Gasteiger partial charge in [0, 0.05) is 31.0 Å². The third-order valence-electron chi connectivity index (χ3n) is 5.31. The van der Waals surface area contributed by atoms with E-state index in [-0.39, 0.29) is 5.91 Å². The fourth-order valence-corrected chi connectivity index (χ4v) is 3.96. The van der Waals surface area contributed by atoms with E-state index in [9.17, 15) is 4.79 Å². The Balaban J connectivity index is 1.64. The largest absolute Gasteiger partial charge is 0.341 e. The minimum Gasteiger partial charge on any atom is -0.341 e. The summed E-state index contributed by atoms with van der Waals surface area (Å²) in [6, 6.07) is 10.0. The molecule has 1 amide bonds. The van der Waals surface area contributed by atoms with Gasteiger partial charge in [-0.3, -0.25) is 4.79 Å². The zero-order valence-electron chi connectivity index (χ0n) is 15.4. The molecular weight excluding hydrogens is 324 g/mol. The molecule has 3 heterocycles. The molecule has 0 radical (unpaired) electrons. The van der Waals surface area contributed by atoms with Crippen molar-refractivity contribution < 1.29 is 4.79 Å². The molecule has 2 aliphatic rings. The van der Waals surface area contributed by atoms with E-state index >= 15 is 0 Å². The van der Waals surface area contributed by atoms with Crippen LogP contribution in [0, 0.1) is 6.92 Å². The summed E-state index contributed by atoms with van der Waals surface area (Å²) >= 11 is 0.